The number of imidazole rings is 1. The average molecular weight is 501 g/mol. The summed E-state index contributed by atoms with van der Waals surface area (Å²) in [6, 6.07) is 13.1. The molecule has 2 aromatic carbocycles. The normalized spacial score (nSPS) is 12.3. The second kappa shape index (κ2) is 11.3. The Morgan fingerprint density at radius 2 is 1.92 bits per heavy atom. The van der Waals surface area contributed by atoms with Gasteiger partial charge < -0.3 is 19.7 Å². The maximum Gasteiger partial charge on any atom is 0.449 e. The van der Waals surface area contributed by atoms with Gasteiger partial charge in [-0.2, -0.15) is 18.4 Å². The molecule has 0 spiro atoms. The van der Waals surface area contributed by atoms with Crippen molar-refractivity contribution in [3.63, 3.8) is 0 Å². The summed E-state index contributed by atoms with van der Waals surface area (Å²) in [5, 5.41) is 21.8. The number of aliphatic hydroxyl groups is 1. The van der Waals surface area contributed by atoms with Crippen LogP contribution in [-0.4, -0.2) is 39.3 Å². The van der Waals surface area contributed by atoms with Crippen LogP contribution >= 0.6 is 0 Å². The second-order valence-electron chi connectivity index (χ2n) is 8.63. The Morgan fingerprint density at radius 3 is 2.47 bits per heavy atom. The monoisotopic (exact) mass is 500 g/mol. The zero-order chi connectivity index (χ0) is 26.5. The molecule has 190 valence electrons. The van der Waals surface area contributed by atoms with Crippen molar-refractivity contribution < 1.29 is 27.8 Å². The minimum absolute atomic E-state index is 0.124. The molecule has 7 nitrogen and oxygen atoms in total. The molecule has 36 heavy (non-hydrogen) atoms. The highest BCUT2D eigenvalue weighted by molar-refractivity contribution is 5.95. The Balaban J connectivity index is 1.72. The van der Waals surface area contributed by atoms with E-state index in [0.29, 0.717) is 24.2 Å². The van der Waals surface area contributed by atoms with E-state index in [1.54, 1.807) is 36.4 Å². The van der Waals surface area contributed by atoms with E-state index in [0.717, 1.165) is 10.1 Å². The topological polar surface area (TPSA) is 100 Å². The lowest BCUT2D eigenvalue weighted by Crippen LogP contribution is -2.37. The largest absolute Gasteiger partial charge is 0.490 e. The standard InChI is InChI=1S/C26H27F3N4O3/c1-16(2)36-23-9-8-19(13-20(23)14-30)24(35)31-21(10-11-34)12-17-4-6-18(7-5-17)22-15-33(3)25(32-22)26(27,28)29/h4-9,13,15-16,21,34H,10-12H2,1-3H3,(H,31,35). The van der Waals surface area contributed by atoms with E-state index < -0.39 is 23.9 Å². The molecule has 1 amide bonds. The quantitative estimate of drug-likeness (QED) is 0.451. The summed E-state index contributed by atoms with van der Waals surface area (Å²) in [7, 11) is 1.29. The lowest BCUT2D eigenvalue weighted by Gasteiger charge is -2.19. The number of rotatable bonds is 9. The molecule has 0 aliphatic carbocycles. The van der Waals surface area contributed by atoms with Gasteiger partial charge >= 0.3 is 6.18 Å². The number of amides is 1. The molecule has 0 aliphatic rings. The van der Waals surface area contributed by atoms with Gasteiger partial charge in [0, 0.05) is 37.0 Å². The van der Waals surface area contributed by atoms with E-state index in [1.807, 2.05) is 19.9 Å². The van der Waals surface area contributed by atoms with Crippen LogP contribution in [0.1, 0.15) is 47.6 Å². The Bertz CT molecular complexity index is 1240. The molecule has 3 rings (SSSR count). The molecule has 0 fully saturated rings. The number of nitrogens with zero attached hydrogens (tertiary/aromatic N) is 3. The molecule has 0 saturated heterocycles. The molecule has 1 atom stereocenters. The van der Waals surface area contributed by atoms with Gasteiger partial charge in [-0.3, -0.25) is 4.79 Å². The number of nitrogens with one attached hydrogen (secondary N) is 1. The van der Waals surface area contributed by atoms with Crippen LogP contribution in [0.3, 0.4) is 0 Å². The van der Waals surface area contributed by atoms with Crippen LogP contribution in [0, 0.1) is 11.3 Å². The SMILES string of the molecule is CC(C)Oc1ccc(C(=O)NC(CCO)Cc2ccc(-c3cn(C)c(C(F)(F)F)n3)cc2)cc1C#N. The second-order valence-corrected chi connectivity index (χ2v) is 8.63. The van der Waals surface area contributed by atoms with Crippen molar-refractivity contribution in [2.45, 2.75) is 45.0 Å². The fraction of sp³-hybridized carbons (Fsp3) is 0.346. The van der Waals surface area contributed by atoms with Crippen molar-refractivity contribution in [3.8, 4) is 23.1 Å². The summed E-state index contributed by atoms with van der Waals surface area (Å²) in [4.78, 5) is 16.5. The smallest absolute Gasteiger partial charge is 0.449 e. The van der Waals surface area contributed by atoms with Crippen molar-refractivity contribution >= 4 is 5.91 Å². The predicted molar refractivity (Wildman–Crippen MR) is 127 cm³/mol. The van der Waals surface area contributed by atoms with Crippen LogP contribution in [0.4, 0.5) is 13.2 Å². The van der Waals surface area contributed by atoms with Crippen LogP contribution in [0.15, 0.2) is 48.7 Å². The van der Waals surface area contributed by atoms with Crippen LogP contribution in [0.2, 0.25) is 0 Å². The molecular formula is C26H27F3N4O3. The van der Waals surface area contributed by atoms with Gasteiger partial charge in [-0.15, -0.1) is 0 Å². The van der Waals surface area contributed by atoms with Crippen LogP contribution in [0.25, 0.3) is 11.3 Å². The highest BCUT2D eigenvalue weighted by atomic mass is 19.4. The Hall–Kier alpha value is -3.84. The van der Waals surface area contributed by atoms with E-state index >= 15 is 0 Å². The number of aliphatic hydroxyl groups excluding tert-OH is 1. The fourth-order valence-corrected chi connectivity index (χ4v) is 3.73. The summed E-state index contributed by atoms with van der Waals surface area (Å²) < 4.78 is 45.6. The first-order valence-electron chi connectivity index (χ1n) is 11.3. The third-order valence-electron chi connectivity index (χ3n) is 5.40. The number of hydrogen-bond donors (Lipinski definition) is 2. The fourth-order valence-electron chi connectivity index (χ4n) is 3.73. The molecule has 10 heteroatoms. The average Bonchev–Trinajstić information content (AvgIpc) is 3.21. The van der Waals surface area contributed by atoms with E-state index in [2.05, 4.69) is 10.3 Å². The highest BCUT2D eigenvalue weighted by Gasteiger charge is 2.36. The first-order chi connectivity index (χ1) is 17.0. The molecule has 1 aromatic heterocycles. The van der Waals surface area contributed by atoms with Crippen molar-refractivity contribution in [2.24, 2.45) is 7.05 Å². The van der Waals surface area contributed by atoms with Crippen LogP contribution in [-0.2, 0) is 19.6 Å². The number of aryl methyl sites for hydroxylation is 1. The van der Waals surface area contributed by atoms with Crippen molar-refractivity contribution in [1.82, 2.24) is 14.9 Å². The molecule has 0 aliphatic heterocycles. The number of benzene rings is 2. The summed E-state index contributed by atoms with van der Waals surface area (Å²) in [5.74, 6) is -0.979. The van der Waals surface area contributed by atoms with Crippen molar-refractivity contribution in [2.75, 3.05) is 6.61 Å². The molecule has 0 saturated carbocycles. The summed E-state index contributed by atoms with van der Waals surface area (Å²) in [6.07, 6.45) is -2.66. The Morgan fingerprint density at radius 1 is 1.22 bits per heavy atom. The van der Waals surface area contributed by atoms with Gasteiger partial charge in [-0.25, -0.2) is 4.98 Å². The molecule has 2 N–H and O–H groups in total. The van der Waals surface area contributed by atoms with Gasteiger partial charge in [0.05, 0.1) is 17.4 Å². The van der Waals surface area contributed by atoms with Gasteiger partial charge in [0.25, 0.3) is 5.91 Å². The van der Waals surface area contributed by atoms with E-state index in [-0.39, 0.29) is 29.5 Å². The van der Waals surface area contributed by atoms with Crippen molar-refractivity contribution in [3.05, 3.63) is 71.2 Å². The van der Waals surface area contributed by atoms with E-state index in [9.17, 15) is 28.3 Å². The number of carbonyl (C=O) groups excluding carboxylic acids is 1. The van der Waals surface area contributed by atoms with Gasteiger partial charge in [-0.1, -0.05) is 24.3 Å². The van der Waals surface area contributed by atoms with Gasteiger partial charge in [0.15, 0.2) is 0 Å². The number of hydrogen-bond acceptors (Lipinski definition) is 5. The maximum absolute atomic E-state index is 13.0. The molecule has 1 unspecified atom stereocenters. The first-order valence-corrected chi connectivity index (χ1v) is 11.3. The lowest BCUT2D eigenvalue weighted by atomic mass is 10.0. The van der Waals surface area contributed by atoms with Crippen molar-refractivity contribution in [1.29, 1.82) is 5.26 Å². The lowest BCUT2D eigenvalue weighted by molar-refractivity contribution is -0.146. The highest BCUT2D eigenvalue weighted by Crippen LogP contribution is 2.30. The van der Waals surface area contributed by atoms with Gasteiger partial charge in [0.1, 0.15) is 11.8 Å². The van der Waals surface area contributed by atoms with Crippen LogP contribution < -0.4 is 10.1 Å². The number of halogens is 3. The molecule has 3 aromatic rings. The van der Waals surface area contributed by atoms with E-state index in [1.165, 1.54) is 19.3 Å². The molecule has 1 heterocycles. The Kier molecular flexibility index (Phi) is 8.37. The number of alkyl halides is 3. The summed E-state index contributed by atoms with van der Waals surface area (Å²) in [5.41, 5.74) is 2.09. The summed E-state index contributed by atoms with van der Waals surface area (Å²) in [6.45, 7) is 3.52. The third-order valence-corrected chi connectivity index (χ3v) is 5.40. The number of ether oxygens (including phenoxy) is 1. The third kappa shape index (κ3) is 6.64. The van der Waals surface area contributed by atoms with Gasteiger partial charge in [-0.05, 0) is 50.5 Å². The predicted octanol–water partition coefficient (Wildman–Crippen LogP) is 4.49. The first kappa shape index (κ1) is 26.8. The van der Waals surface area contributed by atoms with Gasteiger partial charge in [0.2, 0.25) is 5.82 Å². The van der Waals surface area contributed by atoms with Crippen LogP contribution in [0.5, 0.6) is 5.75 Å². The summed E-state index contributed by atoms with van der Waals surface area (Å²) >= 11 is 0. The zero-order valence-electron chi connectivity index (χ0n) is 20.1. The Labute approximate surface area is 207 Å². The molecular weight excluding hydrogens is 473 g/mol. The molecule has 0 radical (unpaired) electrons. The number of nitriles is 1. The zero-order valence-corrected chi connectivity index (χ0v) is 20.1. The number of aromatic nitrogens is 2. The van der Waals surface area contributed by atoms with E-state index in [4.69, 9.17) is 4.74 Å². The maximum atomic E-state index is 13.0. The molecule has 0 bridgehead atoms. The minimum Gasteiger partial charge on any atom is -0.490 e. The number of carbonyl (C=O) groups is 1. The minimum atomic E-state index is -4.54.